The number of aliphatic hydroxyl groups is 2. The fourth-order valence-electron chi connectivity index (χ4n) is 4.10. The van der Waals surface area contributed by atoms with Gasteiger partial charge < -0.3 is 20.1 Å². The molecule has 1 aromatic rings. The van der Waals surface area contributed by atoms with Gasteiger partial charge in [0.1, 0.15) is 5.82 Å². The van der Waals surface area contributed by atoms with Crippen LogP contribution < -0.4 is 5.32 Å². The minimum Gasteiger partial charge on any atom is -0.389 e. The van der Waals surface area contributed by atoms with Gasteiger partial charge in [-0.15, -0.1) is 0 Å². The van der Waals surface area contributed by atoms with Gasteiger partial charge in [0.05, 0.1) is 30.2 Å². The van der Waals surface area contributed by atoms with Crippen molar-refractivity contribution < 1.29 is 15.0 Å². The summed E-state index contributed by atoms with van der Waals surface area (Å²) >= 11 is 0. The van der Waals surface area contributed by atoms with Gasteiger partial charge in [0, 0.05) is 12.4 Å². The molecule has 0 unspecified atom stereocenters. The summed E-state index contributed by atoms with van der Waals surface area (Å²) in [7, 11) is 0. The molecule has 2 saturated carbocycles. The smallest absolute Gasteiger partial charge is 0.223 e. The van der Waals surface area contributed by atoms with E-state index in [0.29, 0.717) is 12.8 Å². The molecule has 3 rings (SSSR count). The fourth-order valence-corrected chi connectivity index (χ4v) is 4.10. The summed E-state index contributed by atoms with van der Waals surface area (Å²) in [6.45, 7) is 1.91. The Morgan fingerprint density at radius 2 is 2.13 bits per heavy atom. The summed E-state index contributed by atoms with van der Waals surface area (Å²) < 4.78 is 1.98. The van der Waals surface area contributed by atoms with Crippen LogP contribution in [-0.2, 0) is 4.79 Å². The van der Waals surface area contributed by atoms with E-state index in [1.54, 1.807) is 6.20 Å². The van der Waals surface area contributed by atoms with Crippen LogP contribution in [-0.4, -0.2) is 43.4 Å². The number of amides is 1. The van der Waals surface area contributed by atoms with Crippen LogP contribution in [0.3, 0.4) is 0 Å². The average Bonchev–Trinajstić information content (AvgIpc) is 3.06. The maximum Gasteiger partial charge on any atom is 0.223 e. The van der Waals surface area contributed by atoms with Crippen molar-refractivity contribution in [2.45, 2.75) is 82.1 Å². The lowest BCUT2D eigenvalue weighted by molar-refractivity contribution is -0.128. The van der Waals surface area contributed by atoms with Crippen LogP contribution >= 0.6 is 0 Å². The maximum absolute atomic E-state index is 12.3. The molecule has 2 aliphatic carbocycles. The number of carbonyl (C=O) groups excluding carboxylic acids is 1. The normalized spacial score (nSPS) is 30.3. The van der Waals surface area contributed by atoms with Gasteiger partial charge in [-0.3, -0.25) is 4.79 Å². The van der Waals surface area contributed by atoms with E-state index in [9.17, 15) is 15.0 Å². The number of aromatic nitrogens is 2. The van der Waals surface area contributed by atoms with E-state index in [-0.39, 0.29) is 24.4 Å². The Labute approximate surface area is 136 Å². The molecule has 1 amide bonds. The lowest BCUT2D eigenvalue weighted by atomic mass is 9.82. The summed E-state index contributed by atoms with van der Waals surface area (Å²) in [5.41, 5.74) is -0.855. The maximum atomic E-state index is 12.3. The van der Waals surface area contributed by atoms with Gasteiger partial charge in [-0.1, -0.05) is 19.3 Å². The second kappa shape index (κ2) is 6.61. The number of aryl methyl sites for hydroxylation is 1. The zero-order chi connectivity index (χ0) is 16.4. The Kier molecular flexibility index (Phi) is 4.73. The summed E-state index contributed by atoms with van der Waals surface area (Å²) in [6, 6.07) is -0.290. The Hall–Kier alpha value is -1.40. The summed E-state index contributed by atoms with van der Waals surface area (Å²) in [6.07, 6.45) is 9.19. The predicted molar refractivity (Wildman–Crippen MR) is 85.8 cm³/mol. The molecule has 0 aromatic carbocycles. The Bertz CT molecular complexity index is 551. The number of hydrogen-bond acceptors (Lipinski definition) is 4. The summed E-state index contributed by atoms with van der Waals surface area (Å²) in [5, 5.41) is 24.0. The van der Waals surface area contributed by atoms with Crippen molar-refractivity contribution in [2.75, 3.05) is 0 Å². The quantitative estimate of drug-likeness (QED) is 0.783. The lowest BCUT2D eigenvalue weighted by Gasteiger charge is -2.32. The van der Waals surface area contributed by atoms with Crippen molar-refractivity contribution in [3.8, 4) is 0 Å². The van der Waals surface area contributed by atoms with Crippen LogP contribution in [0.1, 0.15) is 63.2 Å². The van der Waals surface area contributed by atoms with Crippen molar-refractivity contribution >= 4 is 5.91 Å². The molecule has 6 heteroatoms. The zero-order valence-corrected chi connectivity index (χ0v) is 13.7. The van der Waals surface area contributed by atoms with E-state index in [1.165, 1.54) is 0 Å². The molecule has 0 bridgehead atoms. The number of nitrogens with zero attached hydrogens (tertiary/aromatic N) is 2. The molecule has 23 heavy (non-hydrogen) atoms. The largest absolute Gasteiger partial charge is 0.389 e. The van der Waals surface area contributed by atoms with Gasteiger partial charge in [0.15, 0.2) is 0 Å². The highest BCUT2D eigenvalue weighted by Gasteiger charge is 2.38. The third-order valence-electron chi connectivity index (χ3n) is 5.42. The van der Waals surface area contributed by atoms with Gasteiger partial charge in [0.2, 0.25) is 5.91 Å². The highest BCUT2D eigenvalue weighted by Crippen LogP contribution is 2.33. The van der Waals surface area contributed by atoms with Crippen LogP contribution in [0.4, 0.5) is 0 Å². The van der Waals surface area contributed by atoms with Crippen molar-refractivity contribution in [3.05, 3.63) is 18.2 Å². The number of hydrogen-bond donors (Lipinski definition) is 3. The fraction of sp³-hybridized carbons (Fsp3) is 0.765. The van der Waals surface area contributed by atoms with Crippen molar-refractivity contribution in [1.82, 2.24) is 14.9 Å². The minimum absolute atomic E-state index is 0.0411. The molecular weight excluding hydrogens is 294 g/mol. The standard InChI is InChI=1S/C17H27N3O3/c1-12-18-9-10-20(12)14-6-5-13(16(14)22)19-15(21)11-17(23)7-3-2-4-8-17/h9-10,13-14,16,22-23H,2-8,11H2,1H3,(H,19,21)/t13-,14-,16-/m1/s1. The minimum atomic E-state index is -0.855. The van der Waals surface area contributed by atoms with Crippen molar-refractivity contribution in [3.63, 3.8) is 0 Å². The van der Waals surface area contributed by atoms with Crippen LogP contribution in [0.15, 0.2) is 12.4 Å². The van der Waals surface area contributed by atoms with Crippen LogP contribution in [0.5, 0.6) is 0 Å². The first-order valence-corrected chi connectivity index (χ1v) is 8.68. The number of rotatable bonds is 4. The molecule has 3 N–H and O–H groups in total. The molecule has 1 aromatic heterocycles. The Morgan fingerprint density at radius 1 is 1.39 bits per heavy atom. The monoisotopic (exact) mass is 321 g/mol. The topological polar surface area (TPSA) is 87.4 Å². The Balaban J connectivity index is 1.56. The number of imidazole rings is 1. The number of carbonyl (C=O) groups is 1. The number of aliphatic hydroxyl groups excluding tert-OH is 1. The van der Waals surface area contributed by atoms with Gasteiger partial charge in [-0.2, -0.15) is 0 Å². The molecule has 0 radical (unpaired) electrons. The molecule has 128 valence electrons. The molecule has 3 atom stereocenters. The highest BCUT2D eigenvalue weighted by atomic mass is 16.3. The van der Waals surface area contributed by atoms with Crippen LogP contribution in [0, 0.1) is 6.92 Å². The third-order valence-corrected chi connectivity index (χ3v) is 5.42. The van der Waals surface area contributed by atoms with Gasteiger partial charge >= 0.3 is 0 Å². The SMILES string of the molecule is Cc1nccn1[C@@H]1CC[C@@H](NC(=O)CC2(O)CCCCC2)[C@H]1O. The second-order valence-electron chi connectivity index (χ2n) is 7.15. The van der Waals surface area contributed by atoms with Gasteiger partial charge in [0.25, 0.3) is 0 Å². The first-order chi connectivity index (χ1) is 11.0. The predicted octanol–water partition coefficient (Wildman–Crippen LogP) is 1.46. The molecule has 2 aliphatic rings. The van der Waals surface area contributed by atoms with Crippen LogP contribution in [0.25, 0.3) is 0 Å². The highest BCUT2D eigenvalue weighted by molar-refractivity contribution is 5.77. The van der Waals surface area contributed by atoms with Crippen molar-refractivity contribution in [1.29, 1.82) is 0 Å². The van der Waals surface area contributed by atoms with Gasteiger partial charge in [-0.25, -0.2) is 4.98 Å². The van der Waals surface area contributed by atoms with Crippen LogP contribution in [0.2, 0.25) is 0 Å². The van der Waals surface area contributed by atoms with E-state index in [4.69, 9.17) is 0 Å². The first kappa shape index (κ1) is 16.5. The molecule has 1 heterocycles. The number of nitrogens with one attached hydrogen (secondary N) is 1. The Morgan fingerprint density at radius 3 is 2.78 bits per heavy atom. The average molecular weight is 321 g/mol. The van der Waals surface area contributed by atoms with E-state index < -0.39 is 11.7 Å². The molecule has 6 nitrogen and oxygen atoms in total. The molecule has 0 saturated heterocycles. The molecular formula is C17H27N3O3. The second-order valence-corrected chi connectivity index (χ2v) is 7.15. The van der Waals surface area contributed by atoms with E-state index >= 15 is 0 Å². The zero-order valence-electron chi connectivity index (χ0n) is 13.7. The first-order valence-electron chi connectivity index (χ1n) is 8.68. The summed E-state index contributed by atoms with van der Waals surface area (Å²) in [5.74, 6) is 0.721. The lowest BCUT2D eigenvalue weighted by Crippen LogP contribution is -2.45. The molecule has 0 aliphatic heterocycles. The van der Waals surface area contributed by atoms with E-state index in [2.05, 4.69) is 10.3 Å². The summed E-state index contributed by atoms with van der Waals surface area (Å²) in [4.78, 5) is 16.5. The molecule has 0 spiro atoms. The molecule has 2 fully saturated rings. The van der Waals surface area contributed by atoms with Gasteiger partial charge in [-0.05, 0) is 32.6 Å². The van der Waals surface area contributed by atoms with E-state index in [1.807, 2.05) is 17.7 Å². The van der Waals surface area contributed by atoms with Crippen molar-refractivity contribution in [2.24, 2.45) is 0 Å². The third kappa shape index (κ3) is 3.58. The van der Waals surface area contributed by atoms with E-state index in [0.717, 1.165) is 37.9 Å².